The molecule has 0 aliphatic carbocycles. The van der Waals surface area contributed by atoms with E-state index in [9.17, 15) is 9.59 Å². The van der Waals surface area contributed by atoms with Gasteiger partial charge in [-0.3, -0.25) is 4.79 Å². The van der Waals surface area contributed by atoms with E-state index in [4.69, 9.17) is 4.42 Å². The molecule has 1 amide bonds. The van der Waals surface area contributed by atoms with E-state index in [1.165, 1.54) is 0 Å². The van der Waals surface area contributed by atoms with Crippen LogP contribution in [0, 0.1) is 0 Å². The normalized spacial score (nSPS) is 16.2. The number of benzene rings is 1. The van der Waals surface area contributed by atoms with Crippen LogP contribution in [0.15, 0.2) is 37.9 Å². The topological polar surface area (TPSA) is 53.8 Å². The van der Waals surface area contributed by atoms with Crippen molar-refractivity contribution in [3.05, 3.63) is 44.7 Å². The van der Waals surface area contributed by atoms with Crippen molar-refractivity contribution in [3.8, 4) is 0 Å². The maximum Gasteiger partial charge on any atom is 0.349 e. The van der Waals surface area contributed by atoms with Crippen LogP contribution in [0.5, 0.6) is 0 Å². The van der Waals surface area contributed by atoms with Crippen LogP contribution in [0.4, 0.5) is 0 Å². The summed E-state index contributed by atoms with van der Waals surface area (Å²) in [7, 11) is 0. The van der Waals surface area contributed by atoms with E-state index < -0.39 is 5.63 Å². The van der Waals surface area contributed by atoms with Gasteiger partial charge in [0.05, 0.1) is 0 Å². The Morgan fingerprint density at radius 3 is 2.64 bits per heavy atom. The summed E-state index contributed by atoms with van der Waals surface area (Å²) < 4.78 is 6.15. The average molecular weight is 365 g/mol. The van der Waals surface area contributed by atoms with Gasteiger partial charge in [-0.05, 0) is 30.8 Å². The van der Waals surface area contributed by atoms with Crippen LogP contribution >= 0.6 is 15.9 Å². The minimum atomic E-state index is -0.572. The summed E-state index contributed by atoms with van der Waals surface area (Å²) >= 11 is 3.38. The number of carbonyl (C=O) groups is 1. The fourth-order valence-corrected chi connectivity index (χ4v) is 3.06. The largest absolute Gasteiger partial charge is 0.422 e. The third-order valence-electron chi connectivity index (χ3n) is 4.03. The van der Waals surface area contributed by atoms with Gasteiger partial charge in [-0.2, -0.15) is 0 Å². The molecule has 1 aliphatic heterocycles. The van der Waals surface area contributed by atoms with Crippen molar-refractivity contribution in [2.24, 2.45) is 0 Å². The summed E-state index contributed by atoms with van der Waals surface area (Å²) in [5.74, 6) is -0.244. The first-order chi connectivity index (χ1) is 10.6. The SMILES string of the molecule is CCN1CCN(C(=O)c2cc3cc(Br)ccc3oc2=O)CC1. The second-order valence-electron chi connectivity index (χ2n) is 5.36. The number of piperazine rings is 1. The van der Waals surface area contributed by atoms with E-state index in [1.807, 2.05) is 6.07 Å². The molecule has 116 valence electrons. The van der Waals surface area contributed by atoms with E-state index in [-0.39, 0.29) is 11.5 Å². The molecule has 1 aliphatic rings. The molecule has 1 aromatic carbocycles. The van der Waals surface area contributed by atoms with Crippen molar-refractivity contribution in [1.29, 1.82) is 0 Å². The van der Waals surface area contributed by atoms with Crippen molar-refractivity contribution in [3.63, 3.8) is 0 Å². The number of rotatable bonds is 2. The maximum atomic E-state index is 12.6. The van der Waals surface area contributed by atoms with Crippen LogP contribution in [0.25, 0.3) is 11.0 Å². The molecule has 1 fully saturated rings. The molecular formula is C16H17BrN2O3. The van der Waals surface area contributed by atoms with Gasteiger partial charge >= 0.3 is 5.63 Å². The number of nitrogens with zero attached hydrogens (tertiary/aromatic N) is 2. The molecule has 1 saturated heterocycles. The molecule has 0 bridgehead atoms. The average Bonchev–Trinajstić information content (AvgIpc) is 2.54. The first kappa shape index (κ1) is 15.2. The first-order valence-electron chi connectivity index (χ1n) is 7.33. The molecule has 2 heterocycles. The molecule has 0 saturated carbocycles. The first-order valence-corrected chi connectivity index (χ1v) is 8.13. The van der Waals surface area contributed by atoms with Gasteiger partial charge in [-0.25, -0.2) is 4.79 Å². The number of hydrogen-bond donors (Lipinski definition) is 0. The van der Waals surface area contributed by atoms with Gasteiger partial charge in [0.2, 0.25) is 0 Å². The lowest BCUT2D eigenvalue weighted by Gasteiger charge is -2.33. The van der Waals surface area contributed by atoms with E-state index in [1.54, 1.807) is 23.1 Å². The van der Waals surface area contributed by atoms with Crippen LogP contribution in [-0.4, -0.2) is 48.4 Å². The number of carbonyl (C=O) groups excluding carboxylic acids is 1. The summed E-state index contributed by atoms with van der Waals surface area (Å²) in [6.07, 6.45) is 0. The molecule has 2 aromatic rings. The predicted molar refractivity (Wildman–Crippen MR) is 88.2 cm³/mol. The van der Waals surface area contributed by atoms with Crippen molar-refractivity contribution in [2.75, 3.05) is 32.7 Å². The highest BCUT2D eigenvalue weighted by molar-refractivity contribution is 9.10. The lowest BCUT2D eigenvalue weighted by atomic mass is 10.1. The molecule has 1 aromatic heterocycles. The van der Waals surface area contributed by atoms with Crippen LogP contribution in [0.2, 0.25) is 0 Å². The van der Waals surface area contributed by atoms with Crippen molar-refractivity contribution < 1.29 is 9.21 Å². The minimum Gasteiger partial charge on any atom is -0.422 e. The summed E-state index contributed by atoms with van der Waals surface area (Å²) in [5, 5.41) is 0.740. The predicted octanol–water partition coefficient (Wildman–Crippen LogP) is 2.33. The monoisotopic (exact) mass is 364 g/mol. The quantitative estimate of drug-likeness (QED) is 0.767. The molecule has 22 heavy (non-hydrogen) atoms. The van der Waals surface area contributed by atoms with Crippen LogP contribution in [-0.2, 0) is 0 Å². The molecule has 3 rings (SSSR count). The van der Waals surface area contributed by atoms with Gasteiger partial charge < -0.3 is 14.2 Å². The number of likely N-dealkylation sites (N-methyl/N-ethyl adjacent to an activating group) is 1. The number of fused-ring (bicyclic) bond motifs is 1. The zero-order valence-corrected chi connectivity index (χ0v) is 13.9. The van der Waals surface area contributed by atoms with Crippen LogP contribution in [0.3, 0.4) is 0 Å². The van der Waals surface area contributed by atoms with Gasteiger partial charge in [-0.1, -0.05) is 22.9 Å². The highest BCUT2D eigenvalue weighted by Gasteiger charge is 2.24. The Morgan fingerprint density at radius 2 is 1.95 bits per heavy atom. The second kappa shape index (κ2) is 6.22. The van der Waals surface area contributed by atoms with Gasteiger partial charge in [-0.15, -0.1) is 0 Å². The molecular weight excluding hydrogens is 348 g/mol. The summed E-state index contributed by atoms with van der Waals surface area (Å²) in [5.41, 5.74) is 0.0221. The van der Waals surface area contributed by atoms with Gasteiger partial charge in [0.15, 0.2) is 0 Å². The molecule has 0 spiro atoms. The highest BCUT2D eigenvalue weighted by atomic mass is 79.9. The molecule has 0 N–H and O–H groups in total. The van der Waals surface area contributed by atoms with Crippen molar-refractivity contribution >= 4 is 32.8 Å². The minimum absolute atomic E-state index is 0.107. The Bertz CT molecular complexity index is 764. The zero-order chi connectivity index (χ0) is 15.7. The standard InChI is InChI=1S/C16H17BrN2O3/c1-2-18-5-7-19(8-6-18)15(20)13-10-11-9-12(17)3-4-14(11)22-16(13)21/h3-4,9-10H,2,5-8H2,1H3. The maximum absolute atomic E-state index is 12.6. The van der Waals surface area contributed by atoms with Crippen LogP contribution in [0.1, 0.15) is 17.3 Å². The van der Waals surface area contributed by atoms with E-state index in [2.05, 4.69) is 27.8 Å². The van der Waals surface area contributed by atoms with E-state index >= 15 is 0 Å². The zero-order valence-electron chi connectivity index (χ0n) is 12.3. The van der Waals surface area contributed by atoms with Crippen molar-refractivity contribution in [2.45, 2.75) is 6.92 Å². The Morgan fingerprint density at radius 1 is 1.23 bits per heavy atom. The molecule has 6 heteroatoms. The summed E-state index contributed by atoms with van der Waals surface area (Å²) in [6.45, 7) is 6.05. The number of hydrogen-bond acceptors (Lipinski definition) is 4. The van der Waals surface area contributed by atoms with Crippen LogP contribution < -0.4 is 5.63 Å². The number of halogens is 1. The summed E-state index contributed by atoms with van der Waals surface area (Å²) in [6, 6.07) is 6.98. The highest BCUT2D eigenvalue weighted by Crippen LogP contribution is 2.20. The molecule has 5 nitrogen and oxygen atoms in total. The summed E-state index contributed by atoms with van der Waals surface area (Å²) in [4.78, 5) is 28.7. The van der Waals surface area contributed by atoms with E-state index in [0.717, 1.165) is 29.5 Å². The fraction of sp³-hybridized carbons (Fsp3) is 0.375. The van der Waals surface area contributed by atoms with Gasteiger partial charge in [0, 0.05) is 36.0 Å². The van der Waals surface area contributed by atoms with Gasteiger partial charge in [0.1, 0.15) is 11.1 Å². The Kier molecular flexibility index (Phi) is 4.31. The third kappa shape index (κ3) is 2.94. The third-order valence-corrected chi connectivity index (χ3v) is 4.52. The fourth-order valence-electron chi connectivity index (χ4n) is 2.68. The molecule has 0 unspecified atom stereocenters. The van der Waals surface area contributed by atoms with Gasteiger partial charge in [0.25, 0.3) is 5.91 Å². The Hall–Kier alpha value is -1.66. The second-order valence-corrected chi connectivity index (χ2v) is 6.27. The number of amides is 1. The van der Waals surface area contributed by atoms with E-state index in [0.29, 0.717) is 18.7 Å². The smallest absolute Gasteiger partial charge is 0.349 e. The molecule has 0 atom stereocenters. The Labute approximate surface area is 136 Å². The van der Waals surface area contributed by atoms with Crippen molar-refractivity contribution in [1.82, 2.24) is 9.80 Å². The lowest BCUT2D eigenvalue weighted by Crippen LogP contribution is -2.49. The molecule has 0 radical (unpaired) electrons. The Balaban J connectivity index is 1.90. The lowest BCUT2D eigenvalue weighted by molar-refractivity contribution is 0.0639.